The summed E-state index contributed by atoms with van der Waals surface area (Å²) in [7, 11) is -3.46. The summed E-state index contributed by atoms with van der Waals surface area (Å²) in [5.74, 6) is 0.165. The first-order chi connectivity index (χ1) is 8.47. The molecule has 0 unspecified atom stereocenters. The van der Waals surface area contributed by atoms with E-state index < -0.39 is 10.0 Å². The van der Waals surface area contributed by atoms with E-state index in [4.69, 9.17) is 9.88 Å². The molecular weight excluding hydrogens is 256 g/mol. The topological polar surface area (TPSA) is 98.5 Å². The third-order valence-corrected chi connectivity index (χ3v) is 2.90. The van der Waals surface area contributed by atoms with Gasteiger partial charge in [-0.25, -0.2) is 13.6 Å². The van der Waals surface area contributed by atoms with E-state index >= 15 is 0 Å². The molecule has 0 spiro atoms. The van der Waals surface area contributed by atoms with Gasteiger partial charge in [0, 0.05) is 6.54 Å². The second kappa shape index (κ2) is 6.97. The standard InChI is InChI=1S/C11H16N2O4S/c12-18(15,16)8-4-7-13-11(14)9-17-10-5-2-1-3-6-10/h1-3,5-6H,4,7-9H2,(H,13,14)(H2,12,15,16). The first-order valence-electron chi connectivity index (χ1n) is 5.42. The Bertz CT molecular complexity index is 473. The van der Waals surface area contributed by atoms with Crippen LogP contribution in [0.5, 0.6) is 5.75 Å². The van der Waals surface area contributed by atoms with Gasteiger partial charge in [-0.15, -0.1) is 0 Å². The fourth-order valence-electron chi connectivity index (χ4n) is 1.22. The molecule has 18 heavy (non-hydrogen) atoms. The Morgan fingerprint density at radius 2 is 1.94 bits per heavy atom. The molecule has 3 N–H and O–H groups in total. The number of para-hydroxylation sites is 1. The molecule has 0 aliphatic rings. The third kappa shape index (κ3) is 6.87. The van der Waals surface area contributed by atoms with E-state index in [2.05, 4.69) is 5.32 Å². The zero-order chi connectivity index (χ0) is 13.4. The molecule has 0 bridgehead atoms. The van der Waals surface area contributed by atoms with Gasteiger partial charge in [-0.05, 0) is 18.6 Å². The normalized spacial score (nSPS) is 10.9. The van der Waals surface area contributed by atoms with Crippen molar-refractivity contribution in [3.05, 3.63) is 30.3 Å². The van der Waals surface area contributed by atoms with Crippen LogP contribution in [-0.2, 0) is 14.8 Å². The molecule has 0 heterocycles. The van der Waals surface area contributed by atoms with E-state index in [1.807, 2.05) is 6.07 Å². The molecular formula is C11H16N2O4S. The van der Waals surface area contributed by atoms with Gasteiger partial charge in [-0.3, -0.25) is 4.79 Å². The Balaban J connectivity index is 2.15. The van der Waals surface area contributed by atoms with Crippen LogP contribution < -0.4 is 15.2 Å². The Hall–Kier alpha value is -1.60. The summed E-state index contributed by atoms with van der Waals surface area (Å²) in [6.45, 7) is 0.160. The molecule has 0 fully saturated rings. The van der Waals surface area contributed by atoms with Gasteiger partial charge < -0.3 is 10.1 Å². The predicted octanol–water partition coefficient (Wildman–Crippen LogP) is -0.140. The van der Waals surface area contributed by atoms with Crippen LogP contribution in [-0.4, -0.2) is 33.2 Å². The fraction of sp³-hybridized carbons (Fsp3) is 0.364. The zero-order valence-electron chi connectivity index (χ0n) is 9.83. The quantitative estimate of drug-likeness (QED) is 0.675. The van der Waals surface area contributed by atoms with Crippen molar-refractivity contribution in [1.29, 1.82) is 0 Å². The summed E-state index contributed by atoms with van der Waals surface area (Å²) in [6.07, 6.45) is 0.288. The van der Waals surface area contributed by atoms with E-state index in [1.54, 1.807) is 24.3 Å². The van der Waals surface area contributed by atoms with Crippen LogP contribution in [0, 0.1) is 0 Å². The van der Waals surface area contributed by atoms with E-state index in [-0.39, 0.29) is 31.2 Å². The lowest BCUT2D eigenvalue weighted by molar-refractivity contribution is -0.123. The van der Waals surface area contributed by atoms with E-state index in [0.717, 1.165) is 0 Å². The average Bonchev–Trinajstić information content (AvgIpc) is 2.32. The highest BCUT2D eigenvalue weighted by Gasteiger charge is 2.04. The predicted molar refractivity (Wildman–Crippen MR) is 67.5 cm³/mol. The summed E-state index contributed by atoms with van der Waals surface area (Å²) < 4.78 is 26.5. The molecule has 0 saturated heterocycles. The van der Waals surface area contributed by atoms with Gasteiger partial charge in [-0.2, -0.15) is 0 Å². The smallest absolute Gasteiger partial charge is 0.257 e. The van der Waals surface area contributed by atoms with Crippen LogP contribution in [0.2, 0.25) is 0 Å². The van der Waals surface area contributed by atoms with Crippen molar-refractivity contribution in [3.63, 3.8) is 0 Å². The average molecular weight is 272 g/mol. The second-order valence-electron chi connectivity index (χ2n) is 3.67. The molecule has 1 amide bonds. The lowest BCUT2D eigenvalue weighted by Gasteiger charge is -2.06. The SMILES string of the molecule is NS(=O)(=O)CCCNC(=O)COc1ccccc1. The summed E-state index contributed by atoms with van der Waals surface area (Å²) in [4.78, 5) is 11.3. The van der Waals surface area contributed by atoms with Crippen LogP contribution in [0.25, 0.3) is 0 Å². The minimum absolute atomic E-state index is 0.0978. The zero-order valence-corrected chi connectivity index (χ0v) is 10.7. The maximum atomic E-state index is 11.3. The summed E-state index contributed by atoms with van der Waals surface area (Å²) >= 11 is 0. The number of carbonyl (C=O) groups is 1. The number of benzene rings is 1. The van der Waals surface area contributed by atoms with Gasteiger partial charge in [0.15, 0.2) is 6.61 Å². The molecule has 0 aliphatic heterocycles. The van der Waals surface area contributed by atoms with Crippen LogP contribution in [0.15, 0.2) is 30.3 Å². The molecule has 0 aromatic heterocycles. The summed E-state index contributed by atoms with van der Waals surface area (Å²) in [6, 6.07) is 8.95. The van der Waals surface area contributed by atoms with Crippen molar-refractivity contribution in [2.45, 2.75) is 6.42 Å². The highest BCUT2D eigenvalue weighted by molar-refractivity contribution is 7.89. The van der Waals surface area contributed by atoms with Gasteiger partial charge in [0.05, 0.1) is 5.75 Å². The first-order valence-corrected chi connectivity index (χ1v) is 7.14. The largest absolute Gasteiger partial charge is 0.484 e. The number of nitrogens with two attached hydrogens (primary N) is 1. The molecule has 7 heteroatoms. The number of nitrogens with one attached hydrogen (secondary N) is 1. The van der Waals surface area contributed by atoms with Crippen molar-refractivity contribution in [2.24, 2.45) is 5.14 Å². The Kier molecular flexibility index (Phi) is 5.60. The van der Waals surface area contributed by atoms with Crippen molar-refractivity contribution in [1.82, 2.24) is 5.32 Å². The van der Waals surface area contributed by atoms with Crippen molar-refractivity contribution in [2.75, 3.05) is 18.9 Å². The van der Waals surface area contributed by atoms with E-state index in [1.165, 1.54) is 0 Å². The van der Waals surface area contributed by atoms with Gasteiger partial charge in [-0.1, -0.05) is 18.2 Å². The lowest BCUT2D eigenvalue weighted by atomic mass is 10.3. The number of sulfonamides is 1. The van der Waals surface area contributed by atoms with Gasteiger partial charge in [0.1, 0.15) is 5.75 Å². The monoisotopic (exact) mass is 272 g/mol. The van der Waals surface area contributed by atoms with Crippen molar-refractivity contribution < 1.29 is 17.9 Å². The second-order valence-corrected chi connectivity index (χ2v) is 5.41. The third-order valence-electron chi connectivity index (χ3n) is 2.04. The van der Waals surface area contributed by atoms with Gasteiger partial charge in [0.2, 0.25) is 10.0 Å². The fourth-order valence-corrected chi connectivity index (χ4v) is 1.76. The van der Waals surface area contributed by atoms with Crippen molar-refractivity contribution in [3.8, 4) is 5.75 Å². The Morgan fingerprint density at radius 1 is 1.28 bits per heavy atom. The Morgan fingerprint density at radius 3 is 2.56 bits per heavy atom. The molecule has 1 aromatic rings. The van der Waals surface area contributed by atoms with Crippen LogP contribution in [0.3, 0.4) is 0 Å². The van der Waals surface area contributed by atoms with Crippen LogP contribution in [0.4, 0.5) is 0 Å². The lowest BCUT2D eigenvalue weighted by Crippen LogP contribution is -2.31. The van der Waals surface area contributed by atoms with E-state index in [9.17, 15) is 13.2 Å². The summed E-state index contributed by atoms with van der Waals surface area (Å²) in [5.41, 5.74) is 0. The molecule has 0 radical (unpaired) electrons. The minimum atomic E-state index is -3.46. The van der Waals surface area contributed by atoms with Gasteiger partial charge in [0.25, 0.3) is 5.91 Å². The number of carbonyl (C=O) groups excluding carboxylic acids is 1. The van der Waals surface area contributed by atoms with Crippen LogP contribution >= 0.6 is 0 Å². The maximum absolute atomic E-state index is 11.3. The van der Waals surface area contributed by atoms with Gasteiger partial charge >= 0.3 is 0 Å². The van der Waals surface area contributed by atoms with Crippen molar-refractivity contribution >= 4 is 15.9 Å². The number of rotatable bonds is 7. The molecule has 0 atom stereocenters. The number of ether oxygens (including phenoxy) is 1. The number of amides is 1. The first kappa shape index (κ1) is 14.5. The highest BCUT2D eigenvalue weighted by atomic mass is 32.2. The van der Waals surface area contributed by atoms with E-state index in [0.29, 0.717) is 5.75 Å². The molecule has 6 nitrogen and oxygen atoms in total. The number of hydrogen-bond acceptors (Lipinski definition) is 4. The maximum Gasteiger partial charge on any atom is 0.257 e. The number of primary sulfonamides is 1. The Labute approximate surface area is 106 Å². The summed E-state index contributed by atoms with van der Waals surface area (Å²) in [5, 5.41) is 7.36. The number of hydrogen-bond donors (Lipinski definition) is 2. The minimum Gasteiger partial charge on any atom is -0.484 e. The van der Waals surface area contributed by atoms with Crippen LogP contribution in [0.1, 0.15) is 6.42 Å². The molecule has 100 valence electrons. The molecule has 1 aromatic carbocycles. The molecule has 1 rings (SSSR count). The molecule has 0 aliphatic carbocycles. The molecule has 0 saturated carbocycles. The highest BCUT2D eigenvalue weighted by Crippen LogP contribution is 2.07.